The maximum Gasteiger partial charge on any atom is 0.134 e. The molecule has 4 rings (SSSR count). The van der Waals surface area contributed by atoms with E-state index < -0.39 is 0 Å². The monoisotopic (exact) mass is 301 g/mol. The van der Waals surface area contributed by atoms with Crippen LogP contribution >= 0.6 is 0 Å². The molecule has 4 heterocycles. The number of rotatable bonds is 3. The van der Waals surface area contributed by atoms with Gasteiger partial charge in [0.05, 0.1) is 17.7 Å². The molecule has 0 saturated carbocycles. The summed E-state index contributed by atoms with van der Waals surface area (Å²) in [5.41, 5.74) is 1.88. The smallest absolute Gasteiger partial charge is 0.134 e. The zero-order chi connectivity index (χ0) is 15.5. The molecule has 0 radical (unpaired) electrons. The molecule has 0 amide bonds. The Morgan fingerprint density at radius 2 is 1.35 bits per heavy atom. The van der Waals surface area contributed by atoms with E-state index in [9.17, 15) is 0 Å². The Balaban J connectivity index is 1.78. The topological polar surface area (TPSA) is 54.3 Å². The minimum Gasteiger partial charge on any atom is -0.306 e. The van der Waals surface area contributed by atoms with Gasteiger partial charge in [-0.25, -0.2) is 4.98 Å². The van der Waals surface area contributed by atoms with E-state index in [0.29, 0.717) is 0 Å². The summed E-state index contributed by atoms with van der Waals surface area (Å²) >= 11 is 0. The van der Waals surface area contributed by atoms with Gasteiger partial charge in [-0.2, -0.15) is 0 Å². The van der Waals surface area contributed by atoms with Crippen LogP contribution in [0, 0.1) is 0 Å². The number of aliphatic imine (C=N–C) groups is 1. The molecule has 0 aromatic carbocycles. The fourth-order valence-electron chi connectivity index (χ4n) is 2.80. The Kier molecular flexibility index (Phi) is 3.52. The zero-order valence-corrected chi connectivity index (χ0v) is 12.4. The van der Waals surface area contributed by atoms with E-state index in [-0.39, 0.29) is 12.1 Å². The molecule has 112 valence electrons. The summed E-state index contributed by atoms with van der Waals surface area (Å²) in [7, 11) is 0. The highest BCUT2D eigenvalue weighted by molar-refractivity contribution is 5.81. The maximum atomic E-state index is 4.68. The molecule has 0 bridgehead atoms. The highest BCUT2D eigenvalue weighted by Gasteiger charge is 2.36. The second kappa shape index (κ2) is 5.96. The molecule has 0 saturated heterocycles. The third kappa shape index (κ3) is 2.57. The van der Waals surface area contributed by atoms with Gasteiger partial charge in [-0.1, -0.05) is 18.2 Å². The molecule has 0 N–H and O–H groups in total. The molecule has 0 unspecified atom stereocenters. The average molecular weight is 301 g/mol. The van der Waals surface area contributed by atoms with Crippen LogP contribution in [0.4, 0.5) is 5.82 Å². The van der Waals surface area contributed by atoms with Crippen LogP contribution in [0.5, 0.6) is 0 Å². The summed E-state index contributed by atoms with van der Waals surface area (Å²) in [5, 5.41) is 0. The molecule has 0 aliphatic carbocycles. The van der Waals surface area contributed by atoms with Crippen LogP contribution in [-0.4, -0.2) is 21.3 Å². The largest absolute Gasteiger partial charge is 0.306 e. The Hall–Kier alpha value is -3.08. The summed E-state index contributed by atoms with van der Waals surface area (Å²) < 4.78 is 0. The highest BCUT2D eigenvalue weighted by atomic mass is 15.3. The van der Waals surface area contributed by atoms with Crippen molar-refractivity contribution in [2.45, 2.75) is 12.1 Å². The van der Waals surface area contributed by atoms with E-state index in [0.717, 1.165) is 17.2 Å². The van der Waals surface area contributed by atoms with Gasteiger partial charge in [0.2, 0.25) is 0 Å². The number of nitrogens with zero attached hydrogens (tertiary/aromatic N) is 5. The van der Waals surface area contributed by atoms with E-state index in [1.165, 1.54) is 0 Å². The van der Waals surface area contributed by atoms with Crippen molar-refractivity contribution < 1.29 is 0 Å². The van der Waals surface area contributed by atoms with Gasteiger partial charge in [0.1, 0.15) is 17.9 Å². The quantitative estimate of drug-likeness (QED) is 0.745. The molecule has 23 heavy (non-hydrogen) atoms. The van der Waals surface area contributed by atoms with Gasteiger partial charge in [0.15, 0.2) is 0 Å². The van der Waals surface area contributed by atoms with E-state index >= 15 is 0 Å². The fourth-order valence-corrected chi connectivity index (χ4v) is 2.80. The normalized spacial score (nSPS) is 19.9. The average Bonchev–Trinajstić information content (AvgIpc) is 3.09. The summed E-state index contributed by atoms with van der Waals surface area (Å²) in [6.07, 6.45) is 7.22. The first-order valence-electron chi connectivity index (χ1n) is 7.48. The minimum absolute atomic E-state index is 0.0546. The number of anilines is 1. The molecule has 1 aliphatic heterocycles. The van der Waals surface area contributed by atoms with Crippen molar-refractivity contribution >= 4 is 12.2 Å². The Bertz CT molecular complexity index is 740. The Labute approximate surface area is 134 Å². The van der Waals surface area contributed by atoms with Crippen LogP contribution in [0.2, 0.25) is 0 Å². The van der Waals surface area contributed by atoms with Crippen molar-refractivity contribution in [1.29, 1.82) is 0 Å². The fraction of sp³-hybridized carbons (Fsp3) is 0.111. The second-order valence-corrected chi connectivity index (χ2v) is 5.26. The first-order chi connectivity index (χ1) is 11.4. The van der Waals surface area contributed by atoms with Gasteiger partial charge in [0, 0.05) is 18.6 Å². The van der Waals surface area contributed by atoms with Gasteiger partial charge in [-0.15, -0.1) is 0 Å². The lowest BCUT2D eigenvalue weighted by Crippen LogP contribution is -2.27. The lowest BCUT2D eigenvalue weighted by Gasteiger charge is -2.26. The van der Waals surface area contributed by atoms with Crippen molar-refractivity contribution in [3.8, 4) is 0 Å². The number of aromatic nitrogens is 3. The Morgan fingerprint density at radius 1 is 0.696 bits per heavy atom. The van der Waals surface area contributed by atoms with Crippen LogP contribution in [0.15, 0.2) is 78.2 Å². The van der Waals surface area contributed by atoms with Crippen molar-refractivity contribution in [1.82, 2.24) is 15.0 Å². The van der Waals surface area contributed by atoms with Gasteiger partial charge in [-0.05, 0) is 36.4 Å². The zero-order valence-electron chi connectivity index (χ0n) is 12.4. The van der Waals surface area contributed by atoms with E-state index in [4.69, 9.17) is 0 Å². The summed E-state index contributed by atoms with van der Waals surface area (Å²) in [6.45, 7) is 0. The predicted molar refractivity (Wildman–Crippen MR) is 89.2 cm³/mol. The summed E-state index contributed by atoms with van der Waals surface area (Å²) in [5.74, 6) is 0.852. The van der Waals surface area contributed by atoms with Crippen molar-refractivity contribution in [3.63, 3.8) is 0 Å². The van der Waals surface area contributed by atoms with Crippen molar-refractivity contribution in [3.05, 3.63) is 84.6 Å². The molecule has 5 nitrogen and oxygen atoms in total. The lowest BCUT2D eigenvalue weighted by molar-refractivity contribution is 0.580. The standard InChI is InChI=1S/C18H15N5/c1-4-10-19-14(7-1)17-18(15-8-2-5-11-20-15)23(13-22-17)16-9-3-6-12-21-16/h1-13,17-18H/t17-,18+/m1/s1. The van der Waals surface area contributed by atoms with Crippen LogP contribution in [0.1, 0.15) is 23.5 Å². The van der Waals surface area contributed by atoms with E-state index in [1.54, 1.807) is 18.6 Å². The maximum absolute atomic E-state index is 4.68. The molecule has 3 aromatic rings. The molecular formula is C18H15N5. The lowest BCUT2D eigenvalue weighted by atomic mass is 10.0. The summed E-state index contributed by atoms with van der Waals surface area (Å²) in [4.78, 5) is 20.2. The molecule has 0 fully saturated rings. The van der Waals surface area contributed by atoms with Crippen LogP contribution < -0.4 is 4.90 Å². The molecule has 0 spiro atoms. The first-order valence-corrected chi connectivity index (χ1v) is 7.48. The minimum atomic E-state index is -0.104. The molecule has 5 heteroatoms. The summed E-state index contributed by atoms with van der Waals surface area (Å²) in [6, 6.07) is 17.5. The Morgan fingerprint density at radius 3 is 1.96 bits per heavy atom. The third-order valence-electron chi connectivity index (χ3n) is 3.85. The molecule has 2 atom stereocenters. The second-order valence-electron chi connectivity index (χ2n) is 5.26. The number of hydrogen-bond acceptors (Lipinski definition) is 5. The molecule has 3 aromatic heterocycles. The van der Waals surface area contributed by atoms with Gasteiger partial charge < -0.3 is 4.90 Å². The van der Waals surface area contributed by atoms with Crippen LogP contribution in [-0.2, 0) is 0 Å². The van der Waals surface area contributed by atoms with Crippen LogP contribution in [0.25, 0.3) is 0 Å². The molecule has 1 aliphatic rings. The number of pyridine rings is 3. The van der Waals surface area contributed by atoms with Gasteiger partial charge in [-0.3, -0.25) is 15.0 Å². The van der Waals surface area contributed by atoms with Gasteiger partial charge in [0.25, 0.3) is 0 Å². The molecular weight excluding hydrogens is 286 g/mol. The van der Waals surface area contributed by atoms with Crippen molar-refractivity contribution in [2.24, 2.45) is 4.99 Å². The van der Waals surface area contributed by atoms with Gasteiger partial charge >= 0.3 is 0 Å². The van der Waals surface area contributed by atoms with Crippen molar-refractivity contribution in [2.75, 3.05) is 4.90 Å². The van der Waals surface area contributed by atoms with E-state index in [1.807, 2.05) is 60.9 Å². The van der Waals surface area contributed by atoms with Crippen LogP contribution in [0.3, 0.4) is 0 Å². The third-order valence-corrected chi connectivity index (χ3v) is 3.85. The first kappa shape index (κ1) is 13.6. The number of hydrogen-bond donors (Lipinski definition) is 0. The predicted octanol–water partition coefficient (Wildman–Crippen LogP) is 3.20. The highest BCUT2D eigenvalue weighted by Crippen LogP contribution is 2.40. The van der Waals surface area contributed by atoms with E-state index in [2.05, 4.69) is 24.8 Å². The SMILES string of the molecule is C1=N[C@H](c2ccccn2)[C@H](c2ccccn2)N1c1ccccn1.